The van der Waals surface area contributed by atoms with E-state index >= 15 is 0 Å². The summed E-state index contributed by atoms with van der Waals surface area (Å²) in [6, 6.07) is 1.81. The monoisotopic (exact) mass is 226 g/mol. The maximum atomic E-state index is 2.80. The molecule has 0 aromatic rings. The van der Waals surface area contributed by atoms with Crippen molar-refractivity contribution in [3.8, 4) is 0 Å². The molecule has 3 rings (SSSR count). The van der Waals surface area contributed by atoms with Gasteiger partial charge in [-0.1, -0.05) is 0 Å². The van der Waals surface area contributed by atoms with Crippen LogP contribution in [0.5, 0.6) is 0 Å². The standard InChI is InChI=1S/C12H22N2S/c1-3-11-9-14(12-4-8-15-10-12)7-2-6-13(11)5-1/h11-12H,1-10H2. The molecule has 2 unspecified atom stereocenters. The van der Waals surface area contributed by atoms with Crippen LogP contribution < -0.4 is 0 Å². The fourth-order valence-corrected chi connectivity index (χ4v) is 4.63. The minimum absolute atomic E-state index is 0.901. The summed E-state index contributed by atoms with van der Waals surface area (Å²) in [4.78, 5) is 5.54. The molecule has 0 spiro atoms. The largest absolute Gasteiger partial charge is 0.299 e. The summed E-state index contributed by atoms with van der Waals surface area (Å²) >= 11 is 2.15. The van der Waals surface area contributed by atoms with Crippen LogP contribution in [0.25, 0.3) is 0 Å². The Morgan fingerprint density at radius 3 is 2.60 bits per heavy atom. The Hall–Kier alpha value is 0.270. The molecule has 0 radical (unpaired) electrons. The van der Waals surface area contributed by atoms with Crippen LogP contribution in [0.3, 0.4) is 0 Å². The first kappa shape index (κ1) is 10.4. The van der Waals surface area contributed by atoms with E-state index in [9.17, 15) is 0 Å². The smallest absolute Gasteiger partial charge is 0.0223 e. The number of fused-ring (bicyclic) bond motifs is 1. The van der Waals surface area contributed by atoms with Gasteiger partial charge in [-0.05, 0) is 51.1 Å². The van der Waals surface area contributed by atoms with E-state index in [2.05, 4.69) is 21.6 Å². The summed E-state index contributed by atoms with van der Waals surface area (Å²) < 4.78 is 0. The zero-order valence-electron chi connectivity index (χ0n) is 9.53. The zero-order valence-corrected chi connectivity index (χ0v) is 10.3. The fourth-order valence-electron chi connectivity index (χ4n) is 3.38. The second-order valence-corrected chi connectivity index (χ2v) is 6.35. The van der Waals surface area contributed by atoms with Crippen LogP contribution in [-0.2, 0) is 0 Å². The summed E-state index contributed by atoms with van der Waals surface area (Å²) in [5, 5.41) is 0. The van der Waals surface area contributed by atoms with Crippen LogP contribution in [0, 0.1) is 0 Å². The number of hydrogen-bond donors (Lipinski definition) is 0. The molecule has 0 N–H and O–H groups in total. The third kappa shape index (κ3) is 2.20. The van der Waals surface area contributed by atoms with Crippen LogP contribution in [0.4, 0.5) is 0 Å². The molecule has 3 fully saturated rings. The van der Waals surface area contributed by atoms with Gasteiger partial charge in [-0.2, -0.15) is 11.8 Å². The van der Waals surface area contributed by atoms with Gasteiger partial charge >= 0.3 is 0 Å². The molecule has 0 aromatic heterocycles. The van der Waals surface area contributed by atoms with E-state index in [1.807, 2.05) is 0 Å². The molecule has 2 nitrogen and oxygen atoms in total. The Bertz CT molecular complexity index is 216. The first-order valence-corrected chi connectivity index (χ1v) is 7.65. The van der Waals surface area contributed by atoms with Crippen LogP contribution in [0.15, 0.2) is 0 Å². The third-order valence-electron chi connectivity index (χ3n) is 4.26. The maximum absolute atomic E-state index is 2.80. The van der Waals surface area contributed by atoms with Crippen LogP contribution in [0.2, 0.25) is 0 Å². The summed E-state index contributed by atoms with van der Waals surface area (Å²) in [6.45, 7) is 5.46. The SMILES string of the molecule is C1CC2CN(C3CCSC3)CCCN2C1. The van der Waals surface area contributed by atoms with Crippen molar-refractivity contribution in [1.29, 1.82) is 0 Å². The molecule has 0 saturated carbocycles. The van der Waals surface area contributed by atoms with Crippen LogP contribution in [-0.4, -0.2) is 59.6 Å². The van der Waals surface area contributed by atoms with Gasteiger partial charge in [-0.25, -0.2) is 0 Å². The summed E-state index contributed by atoms with van der Waals surface area (Å²) in [5.41, 5.74) is 0. The van der Waals surface area contributed by atoms with Crippen molar-refractivity contribution in [3.05, 3.63) is 0 Å². The van der Waals surface area contributed by atoms with Gasteiger partial charge in [0.15, 0.2) is 0 Å². The van der Waals surface area contributed by atoms with E-state index in [1.165, 1.54) is 63.4 Å². The van der Waals surface area contributed by atoms with Gasteiger partial charge < -0.3 is 0 Å². The van der Waals surface area contributed by atoms with Crippen molar-refractivity contribution in [2.75, 3.05) is 37.7 Å². The van der Waals surface area contributed by atoms with E-state index in [1.54, 1.807) is 0 Å². The highest BCUT2D eigenvalue weighted by molar-refractivity contribution is 7.99. The lowest BCUT2D eigenvalue weighted by molar-refractivity contribution is 0.184. The normalized spacial score (nSPS) is 39.2. The van der Waals surface area contributed by atoms with E-state index in [-0.39, 0.29) is 0 Å². The van der Waals surface area contributed by atoms with E-state index in [0.29, 0.717) is 0 Å². The highest BCUT2D eigenvalue weighted by Gasteiger charge is 2.32. The Morgan fingerprint density at radius 1 is 0.867 bits per heavy atom. The summed E-state index contributed by atoms with van der Waals surface area (Å²) in [7, 11) is 0. The highest BCUT2D eigenvalue weighted by Crippen LogP contribution is 2.27. The minimum Gasteiger partial charge on any atom is -0.299 e. The van der Waals surface area contributed by atoms with Gasteiger partial charge in [-0.3, -0.25) is 9.80 Å². The van der Waals surface area contributed by atoms with Gasteiger partial charge in [0.05, 0.1) is 0 Å². The van der Waals surface area contributed by atoms with Crippen molar-refractivity contribution in [2.45, 2.75) is 37.8 Å². The Labute approximate surface area is 97.4 Å². The van der Waals surface area contributed by atoms with Crippen molar-refractivity contribution < 1.29 is 0 Å². The van der Waals surface area contributed by atoms with Gasteiger partial charge in [0.2, 0.25) is 0 Å². The highest BCUT2D eigenvalue weighted by atomic mass is 32.2. The predicted molar refractivity (Wildman–Crippen MR) is 66.5 cm³/mol. The number of rotatable bonds is 1. The Morgan fingerprint density at radius 2 is 1.73 bits per heavy atom. The topological polar surface area (TPSA) is 6.48 Å². The molecule has 0 amide bonds. The van der Waals surface area contributed by atoms with Gasteiger partial charge in [0, 0.05) is 24.4 Å². The fraction of sp³-hybridized carbons (Fsp3) is 1.00. The maximum Gasteiger partial charge on any atom is 0.0223 e. The molecule has 15 heavy (non-hydrogen) atoms. The second-order valence-electron chi connectivity index (χ2n) is 5.20. The minimum atomic E-state index is 0.901. The van der Waals surface area contributed by atoms with E-state index < -0.39 is 0 Å². The first-order chi connectivity index (χ1) is 7.43. The quantitative estimate of drug-likeness (QED) is 0.671. The molecule has 3 saturated heterocycles. The molecule has 0 bridgehead atoms. The lowest BCUT2D eigenvalue weighted by Crippen LogP contribution is -2.42. The molecule has 3 heterocycles. The average molecular weight is 226 g/mol. The third-order valence-corrected chi connectivity index (χ3v) is 5.40. The lowest BCUT2D eigenvalue weighted by atomic mass is 10.1. The molecule has 3 aliphatic rings. The molecule has 2 atom stereocenters. The van der Waals surface area contributed by atoms with Crippen molar-refractivity contribution in [3.63, 3.8) is 0 Å². The molecular weight excluding hydrogens is 204 g/mol. The molecule has 0 aliphatic carbocycles. The zero-order chi connectivity index (χ0) is 10.1. The van der Waals surface area contributed by atoms with Crippen molar-refractivity contribution in [1.82, 2.24) is 9.80 Å². The van der Waals surface area contributed by atoms with Gasteiger partial charge in [0.25, 0.3) is 0 Å². The van der Waals surface area contributed by atoms with E-state index in [4.69, 9.17) is 0 Å². The first-order valence-electron chi connectivity index (χ1n) is 6.49. The molecule has 3 heteroatoms. The molecule has 0 aromatic carbocycles. The summed E-state index contributed by atoms with van der Waals surface area (Å²) in [6.07, 6.45) is 5.74. The predicted octanol–water partition coefficient (Wildman–Crippen LogP) is 1.66. The number of thioether (sulfide) groups is 1. The Balaban J connectivity index is 1.64. The number of hydrogen-bond acceptors (Lipinski definition) is 3. The summed E-state index contributed by atoms with van der Waals surface area (Å²) in [5.74, 6) is 2.79. The average Bonchev–Trinajstić information content (AvgIpc) is 2.86. The molecular formula is C12H22N2S. The van der Waals surface area contributed by atoms with Crippen molar-refractivity contribution in [2.24, 2.45) is 0 Å². The van der Waals surface area contributed by atoms with Crippen molar-refractivity contribution >= 4 is 11.8 Å². The van der Waals surface area contributed by atoms with Crippen LogP contribution in [0.1, 0.15) is 25.7 Å². The van der Waals surface area contributed by atoms with Gasteiger partial charge in [0.1, 0.15) is 0 Å². The number of nitrogens with zero attached hydrogens (tertiary/aromatic N) is 2. The van der Waals surface area contributed by atoms with E-state index in [0.717, 1.165) is 12.1 Å². The lowest BCUT2D eigenvalue weighted by Gasteiger charge is -2.29. The Kier molecular flexibility index (Phi) is 3.23. The van der Waals surface area contributed by atoms with Gasteiger partial charge in [-0.15, -0.1) is 0 Å². The molecule has 3 aliphatic heterocycles. The van der Waals surface area contributed by atoms with Crippen LogP contribution >= 0.6 is 11.8 Å². The molecule has 86 valence electrons. The second kappa shape index (κ2) is 4.64.